The van der Waals surface area contributed by atoms with Crippen LogP contribution in [0.1, 0.15) is 25.8 Å². The van der Waals surface area contributed by atoms with Crippen molar-refractivity contribution >= 4 is 23.2 Å². The van der Waals surface area contributed by atoms with Crippen molar-refractivity contribution in [3.8, 4) is 0 Å². The second-order valence-electron chi connectivity index (χ2n) is 10.2. The molecule has 0 atom stereocenters. The summed E-state index contributed by atoms with van der Waals surface area (Å²) < 4.78 is 0. The van der Waals surface area contributed by atoms with Gasteiger partial charge in [0, 0.05) is 51.5 Å². The molecular formula is C25H33N7O. The molecule has 0 saturated carbocycles. The van der Waals surface area contributed by atoms with Gasteiger partial charge in [-0.25, -0.2) is 9.97 Å². The molecule has 4 heterocycles. The fourth-order valence-corrected chi connectivity index (χ4v) is 4.91. The number of nitrogens with zero attached hydrogens (tertiary/aromatic N) is 5. The molecule has 0 radical (unpaired) electrons. The highest BCUT2D eigenvalue weighted by molar-refractivity contribution is 5.84. The highest BCUT2D eigenvalue weighted by Gasteiger charge is 2.48. The van der Waals surface area contributed by atoms with E-state index in [-0.39, 0.29) is 11.4 Å². The third kappa shape index (κ3) is 4.60. The first-order valence-electron chi connectivity index (χ1n) is 11.7. The first kappa shape index (κ1) is 21.6. The topological polar surface area (TPSA) is 76.6 Å². The third-order valence-electron chi connectivity index (χ3n) is 6.92. The summed E-state index contributed by atoms with van der Waals surface area (Å²) in [4.78, 5) is 27.9. The Morgan fingerprint density at radius 3 is 2.55 bits per heavy atom. The molecule has 2 fully saturated rings. The number of carbonyl (C=O) groups excluding carboxylic acids is 1. The molecule has 0 unspecified atom stereocenters. The number of rotatable bonds is 5. The van der Waals surface area contributed by atoms with Crippen molar-refractivity contribution in [3.63, 3.8) is 0 Å². The summed E-state index contributed by atoms with van der Waals surface area (Å²) in [6.45, 7) is 9.23. The third-order valence-corrected chi connectivity index (χ3v) is 6.92. The van der Waals surface area contributed by atoms with Gasteiger partial charge in [-0.1, -0.05) is 32.1 Å². The number of benzene rings is 1. The first-order chi connectivity index (χ1) is 15.8. The highest BCUT2D eigenvalue weighted by atomic mass is 16.2. The summed E-state index contributed by atoms with van der Waals surface area (Å²) in [6.07, 6.45) is 7.28. The van der Waals surface area contributed by atoms with Crippen molar-refractivity contribution in [3.05, 3.63) is 54.5 Å². The average molecular weight is 448 g/mol. The van der Waals surface area contributed by atoms with Crippen molar-refractivity contribution in [2.24, 2.45) is 5.41 Å². The van der Waals surface area contributed by atoms with E-state index in [1.165, 1.54) is 12.0 Å². The van der Waals surface area contributed by atoms with Crippen molar-refractivity contribution in [1.82, 2.24) is 20.2 Å². The van der Waals surface area contributed by atoms with Crippen molar-refractivity contribution in [2.75, 3.05) is 54.9 Å². The van der Waals surface area contributed by atoms with Crippen LogP contribution >= 0.6 is 0 Å². The summed E-state index contributed by atoms with van der Waals surface area (Å²) in [5, 5.41) is 6.28. The Hall–Kier alpha value is -3.29. The summed E-state index contributed by atoms with van der Waals surface area (Å²) >= 11 is 0. The van der Waals surface area contributed by atoms with Crippen LogP contribution in [0.25, 0.3) is 0 Å². The number of anilines is 3. The van der Waals surface area contributed by atoms with Gasteiger partial charge < -0.3 is 25.3 Å². The predicted molar refractivity (Wildman–Crippen MR) is 131 cm³/mol. The van der Waals surface area contributed by atoms with E-state index in [0.717, 1.165) is 50.0 Å². The number of piperazine rings is 1. The zero-order valence-electron chi connectivity index (χ0n) is 19.7. The predicted octanol–water partition coefficient (Wildman–Crippen LogP) is 2.46. The molecule has 2 aromatic rings. The lowest BCUT2D eigenvalue weighted by Gasteiger charge is -2.55. The van der Waals surface area contributed by atoms with Crippen molar-refractivity contribution in [2.45, 2.75) is 32.4 Å². The quantitative estimate of drug-likeness (QED) is 0.729. The van der Waals surface area contributed by atoms with Gasteiger partial charge in [0.05, 0.1) is 12.1 Å². The molecular weight excluding hydrogens is 414 g/mol. The van der Waals surface area contributed by atoms with Gasteiger partial charge in [-0.2, -0.15) is 0 Å². The molecule has 1 spiro atoms. The minimum Gasteiger partial charge on any atom is -0.373 e. The fraction of sp³-hybridized carbons (Fsp3) is 0.480. The van der Waals surface area contributed by atoms with Crippen LogP contribution in [0, 0.1) is 5.41 Å². The number of allylic oxidation sites excluding steroid dienone is 1. The standard InChI is InChI=1S/C25H33N7O/c1-24(2)8-10-30(11-9-24)13-19-4-6-20(7-5-19)31-14-23(33)29-25(15-31)16-32(17-25)22-12-21(26-3)27-18-28-22/h4-8,10,12,18H,9,11,13-17H2,1-3H3,(H,29,33)(H,26,27,28). The highest BCUT2D eigenvalue weighted by Crippen LogP contribution is 2.32. The van der Waals surface area contributed by atoms with E-state index in [9.17, 15) is 4.79 Å². The summed E-state index contributed by atoms with van der Waals surface area (Å²) in [5.74, 6) is 1.74. The van der Waals surface area contributed by atoms with Gasteiger partial charge in [-0.15, -0.1) is 0 Å². The molecule has 1 aromatic heterocycles. The molecule has 3 aliphatic rings. The zero-order chi connectivity index (χ0) is 23.1. The van der Waals surface area contributed by atoms with E-state index >= 15 is 0 Å². The molecule has 8 heteroatoms. The number of amides is 1. The summed E-state index contributed by atoms with van der Waals surface area (Å²) in [6, 6.07) is 10.6. The second kappa shape index (κ2) is 8.24. The van der Waals surface area contributed by atoms with E-state index in [2.05, 4.69) is 85.7 Å². The van der Waals surface area contributed by atoms with Gasteiger partial charge in [-0.3, -0.25) is 4.79 Å². The molecule has 33 heavy (non-hydrogen) atoms. The van der Waals surface area contributed by atoms with Gasteiger partial charge in [0.1, 0.15) is 18.0 Å². The van der Waals surface area contributed by atoms with Crippen LogP contribution in [-0.2, 0) is 11.3 Å². The molecule has 5 rings (SSSR count). The normalized spacial score (nSPS) is 21.1. The van der Waals surface area contributed by atoms with Gasteiger partial charge in [0.25, 0.3) is 0 Å². The van der Waals surface area contributed by atoms with E-state index in [4.69, 9.17) is 0 Å². The number of nitrogens with one attached hydrogen (secondary N) is 2. The lowest BCUT2D eigenvalue weighted by Crippen LogP contribution is -2.78. The Kier molecular flexibility index (Phi) is 5.38. The molecule has 3 aliphatic heterocycles. The van der Waals surface area contributed by atoms with Crippen LogP contribution in [0.5, 0.6) is 0 Å². The molecule has 8 nitrogen and oxygen atoms in total. The van der Waals surface area contributed by atoms with Gasteiger partial charge >= 0.3 is 0 Å². The minimum atomic E-state index is -0.246. The first-order valence-corrected chi connectivity index (χ1v) is 11.7. The maximum atomic E-state index is 12.6. The molecule has 1 aromatic carbocycles. The van der Waals surface area contributed by atoms with Crippen LogP contribution in [0.4, 0.5) is 17.3 Å². The van der Waals surface area contributed by atoms with Crippen molar-refractivity contribution in [1.29, 1.82) is 0 Å². The van der Waals surface area contributed by atoms with Crippen molar-refractivity contribution < 1.29 is 4.79 Å². The minimum absolute atomic E-state index is 0.0737. The van der Waals surface area contributed by atoms with Crippen LogP contribution in [0.2, 0.25) is 0 Å². The maximum Gasteiger partial charge on any atom is 0.240 e. The molecule has 1 amide bonds. The van der Waals surface area contributed by atoms with Gasteiger partial charge in [-0.05, 0) is 35.7 Å². The Morgan fingerprint density at radius 2 is 1.85 bits per heavy atom. The lowest BCUT2D eigenvalue weighted by molar-refractivity contribution is -0.123. The van der Waals surface area contributed by atoms with Gasteiger partial charge in [0.15, 0.2) is 0 Å². The second-order valence-corrected chi connectivity index (χ2v) is 10.2. The number of hydrogen-bond donors (Lipinski definition) is 2. The monoisotopic (exact) mass is 447 g/mol. The van der Waals surface area contributed by atoms with E-state index in [1.54, 1.807) is 6.33 Å². The molecule has 0 aliphatic carbocycles. The molecule has 2 N–H and O–H groups in total. The van der Waals surface area contributed by atoms with Gasteiger partial charge in [0.2, 0.25) is 5.91 Å². The lowest BCUT2D eigenvalue weighted by atomic mass is 9.86. The van der Waals surface area contributed by atoms with Crippen LogP contribution in [-0.4, -0.2) is 66.1 Å². The summed E-state index contributed by atoms with van der Waals surface area (Å²) in [7, 11) is 1.85. The number of aromatic nitrogens is 2. The molecule has 0 bridgehead atoms. The Bertz CT molecular complexity index is 1040. The van der Waals surface area contributed by atoms with E-state index in [0.29, 0.717) is 12.0 Å². The van der Waals surface area contributed by atoms with Crippen LogP contribution in [0.15, 0.2) is 48.9 Å². The molecule has 2 saturated heterocycles. The SMILES string of the molecule is CNc1cc(N2CC3(CN(c4ccc(CN5C=CC(C)(C)CC5)cc4)CC(=O)N3)C2)ncn1. The largest absolute Gasteiger partial charge is 0.373 e. The van der Waals surface area contributed by atoms with E-state index in [1.807, 2.05) is 13.1 Å². The Labute approximate surface area is 195 Å². The fourth-order valence-electron chi connectivity index (χ4n) is 4.91. The molecule has 174 valence electrons. The smallest absolute Gasteiger partial charge is 0.240 e. The Morgan fingerprint density at radius 1 is 1.09 bits per heavy atom. The Balaban J connectivity index is 1.22. The zero-order valence-corrected chi connectivity index (χ0v) is 19.7. The van der Waals surface area contributed by atoms with Crippen LogP contribution < -0.4 is 20.4 Å². The summed E-state index contributed by atoms with van der Waals surface area (Å²) in [5.41, 5.74) is 2.44. The van der Waals surface area contributed by atoms with Crippen LogP contribution in [0.3, 0.4) is 0 Å². The maximum absolute atomic E-state index is 12.6. The van der Waals surface area contributed by atoms with E-state index < -0.39 is 0 Å². The number of hydrogen-bond acceptors (Lipinski definition) is 7. The number of carbonyl (C=O) groups is 1. The average Bonchev–Trinajstić information content (AvgIpc) is 2.79.